The quantitative estimate of drug-likeness (QED) is 0.790. The molecule has 90 valence electrons. The van der Waals surface area contributed by atoms with E-state index in [0.29, 0.717) is 6.04 Å². The monoisotopic (exact) mass is 221 g/mol. The molecule has 16 heavy (non-hydrogen) atoms. The summed E-state index contributed by atoms with van der Waals surface area (Å²) in [5.41, 5.74) is 1.50. The molecule has 0 saturated carbocycles. The van der Waals surface area contributed by atoms with Crippen molar-refractivity contribution in [2.75, 3.05) is 6.54 Å². The topological polar surface area (TPSA) is 31.9 Å². The Morgan fingerprint density at radius 3 is 2.75 bits per heavy atom. The number of nitrogens with zero attached hydrogens (tertiary/aromatic N) is 2. The van der Waals surface area contributed by atoms with Crippen molar-refractivity contribution in [1.82, 2.24) is 15.1 Å². The fraction of sp³-hybridized carbons (Fsp3) is 0.769. The van der Waals surface area contributed by atoms with E-state index in [0.717, 1.165) is 5.92 Å². The van der Waals surface area contributed by atoms with Gasteiger partial charge in [-0.3, -0.25) is 10.00 Å². The van der Waals surface area contributed by atoms with Gasteiger partial charge in [-0.25, -0.2) is 0 Å². The molecule has 1 saturated heterocycles. The zero-order valence-corrected chi connectivity index (χ0v) is 10.8. The van der Waals surface area contributed by atoms with Crippen LogP contribution in [0.3, 0.4) is 0 Å². The van der Waals surface area contributed by atoms with E-state index < -0.39 is 0 Å². The molecule has 1 N–H and O–H groups in total. The number of nitrogens with one attached hydrogen (secondary N) is 1. The molecule has 0 unspecified atom stereocenters. The van der Waals surface area contributed by atoms with Crippen molar-refractivity contribution < 1.29 is 0 Å². The van der Waals surface area contributed by atoms with Gasteiger partial charge in [0.05, 0.1) is 11.7 Å². The van der Waals surface area contributed by atoms with Crippen LogP contribution in [0.4, 0.5) is 0 Å². The fourth-order valence-corrected chi connectivity index (χ4v) is 2.69. The SMILES string of the molecule is C[C@@H]1CCN(C(C)(C)C)[C@H](c2ccn[nH]2)C1. The average Bonchev–Trinajstić information content (AvgIpc) is 2.68. The lowest BCUT2D eigenvalue weighted by Gasteiger charge is -2.46. The number of H-pyrrole nitrogens is 1. The van der Waals surface area contributed by atoms with Gasteiger partial charge in [0, 0.05) is 11.7 Å². The van der Waals surface area contributed by atoms with Crippen molar-refractivity contribution in [3.8, 4) is 0 Å². The normalized spacial score (nSPS) is 28.2. The van der Waals surface area contributed by atoms with Crippen LogP contribution in [-0.4, -0.2) is 27.2 Å². The van der Waals surface area contributed by atoms with E-state index >= 15 is 0 Å². The maximum atomic E-state index is 4.09. The third-order valence-electron chi connectivity index (χ3n) is 3.61. The summed E-state index contributed by atoms with van der Waals surface area (Å²) >= 11 is 0. The number of aromatic amines is 1. The molecule has 1 aromatic rings. The summed E-state index contributed by atoms with van der Waals surface area (Å²) in [4.78, 5) is 2.60. The standard InChI is InChI=1S/C13H23N3/c1-10-6-8-16(13(2,3)4)12(9-10)11-5-7-14-15-11/h5,7,10,12H,6,8-9H2,1-4H3,(H,14,15)/t10-,12+/m1/s1. The molecule has 0 aromatic carbocycles. The van der Waals surface area contributed by atoms with E-state index in [1.54, 1.807) is 0 Å². The Bertz CT molecular complexity index is 323. The minimum Gasteiger partial charge on any atom is -0.290 e. The van der Waals surface area contributed by atoms with Gasteiger partial charge in [0.15, 0.2) is 0 Å². The average molecular weight is 221 g/mol. The molecule has 1 aliphatic heterocycles. The number of hydrogen-bond acceptors (Lipinski definition) is 2. The zero-order chi connectivity index (χ0) is 11.8. The van der Waals surface area contributed by atoms with Crippen molar-refractivity contribution in [3.05, 3.63) is 18.0 Å². The predicted molar refractivity (Wildman–Crippen MR) is 66.2 cm³/mol. The summed E-state index contributed by atoms with van der Waals surface area (Å²) in [5, 5.41) is 7.23. The Labute approximate surface area is 98.2 Å². The van der Waals surface area contributed by atoms with E-state index in [9.17, 15) is 0 Å². The summed E-state index contributed by atoms with van der Waals surface area (Å²) < 4.78 is 0. The molecular formula is C13H23N3. The molecule has 3 nitrogen and oxygen atoms in total. The van der Waals surface area contributed by atoms with Crippen LogP contribution in [0.15, 0.2) is 12.3 Å². The van der Waals surface area contributed by atoms with E-state index in [4.69, 9.17) is 0 Å². The summed E-state index contributed by atoms with van der Waals surface area (Å²) in [7, 11) is 0. The molecule has 2 atom stereocenters. The molecule has 0 bridgehead atoms. The second-order valence-corrected chi connectivity index (χ2v) is 6.02. The molecule has 0 radical (unpaired) electrons. The molecule has 1 aromatic heterocycles. The minimum absolute atomic E-state index is 0.232. The van der Waals surface area contributed by atoms with Gasteiger partial charge in [-0.15, -0.1) is 0 Å². The summed E-state index contributed by atoms with van der Waals surface area (Å²) in [5.74, 6) is 0.812. The van der Waals surface area contributed by atoms with E-state index in [1.165, 1.54) is 25.1 Å². The zero-order valence-electron chi connectivity index (χ0n) is 10.8. The molecule has 0 aliphatic carbocycles. The summed E-state index contributed by atoms with van der Waals surface area (Å²) in [6.07, 6.45) is 4.40. The maximum absolute atomic E-state index is 4.09. The second kappa shape index (κ2) is 4.21. The Morgan fingerprint density at radius 2 is 2.19 bits per heavy atom. The van der Waals surface area contributed by atoms with E-state index in [1.807, 2.05) is 6.20 Å². The van der Waals surface area contributed by atoms with Crippen LogP contribution < -0.4 is 0 Å². The van der Waals surface area contributed by atoms with Gasteiger partial charge in [-0.2, -0.15) is 5.10 Å². The summed E-state index contributed by atoms with van der Waals surface area (Å²) in [6, 6.07) is 2.62. The third-order valence-corrected chi connectivity index (χ3v) is 3.61. The van der Waals surface area contributed by atoms with Crippen LogP contribution >= 0.6 is 0 Å². The highest BCUT2D eigenvalue weighted by Gasteiger charge is 2.34. The molecule has 3 heteroatoms. The molecule has 2 heterocycles. The van der Waals surface area contributed by atoms with Crippen molar-refractivity contribution >= 4 is 0 Å². The maximum Gasteiger partial charge on any atom is 0.0524 e. The highest BCUT2D eigenvalue weighted by molar-refractivity contribution is 5.08. The number of piperidine rings is 1. The van der Waals surface area contributed by atoms with Crippen LogP contribution in [-0.2, 0) is 0 Å². The molecular weight excluding hydrogens is 198 g/mol. The van der Waals surface area contributed by atoms with Crippen molar-refractivity contribution in [2.24, 2.45) is 5.92 Å². The Hall–Kier alpha value is -0.830. The first-order valence-electron chi connectivity index (χ1n) is 6.24. The Kier molecular flexibility index (Phi) is 3.06. The van der Waals surface area contributed by atoms with Gasteiger partial charge in [0.25, 0.3) is 0 Å². The smallest absolute Gasteiger partial charge is 0.0524 e. The highest BCUT2D eigenvalue weighted by Crippen LogP contribution is 2.37. The third kappa shape index (κ3) is 2.29. The van der Waals surface area contributed by atoms with Crippen LogP contribution in [0.1, 0.15) is 52.3 Å². The lowest BCUT2D eigenvalue weighted by atomic mass is 9.87. The van der Waals surface area contributed by atoms with Crippen LogP contribution in [0.25, 0.3) is 0 Å². The van der Waals surface area contributed by atoms with Crippen LogP contribution in [0.5, 0.6) is 0 Å². The van der Waals surface area contributed by atoms with Crippen LogP contribution in [0, 0.1) is 5.92 Å². The lowest BCUT2D eigenvalue weighted by Crippen LogP contribution is -2.47. The predicted octanol–water partition coefficient (Wildman–Crippen LogP) is 2.98. The first kappa shape index (κ1) is 11.6. The first-order chi connectivity index (χ1) is 7.48. The van der Waals surface area contributed by atoms with Crippen LogP contribution in [0.2, 0.25) is 0 Å². The van der Waals surface area contributed by atoms with Crippen molar-refractivity contribution in [3.63, 3.8) is 0 Å². The Balaban J connectivity index is 2.23. The van der Waals surface area contributed by atoms with Gasteiger partial charge in [0.1, 0.15) is 0 Å². The highest BCUT2D eigenvalue weighted by atomic mass is 15.2. The molecule has 1 aliphatic rings. The molecule has 0 spiro atoms. The number of hydrogen-bond donors (Lipinski definition) is 1. The van der Waals surface area contributed by atoms with Gasteiger partial charge < -0.3 is 0 Å². The first-order valence-corrected chi connectivity index (χ1v) is 6.24. The van der Waals surface area contributed by atoms with Gasteiger partial charge in [-0.05, 0) is 52.1 Å². The van der Waals surface area contributed by atoms with Gasteiger partial charge in [0.2, 0.25) is 0 Å². The van der Waals surface area contributed by atoms with E-state index in [-0.39, 0.29) is 5.54 Å². The molecule has 2 rings (SSSR count). The van der Waals surface area contributed by atoms with E-state index in [2.05, 4.69) is 48.9 Å². The number of rotatable bonds is 1. The van der Waals surface area contributed by atoms with Crippen molar-refractivity contribution in [1.29, 1.82) is 0 Å². The fourth-order valence-electron chi connectivity index (χ4n) is 2.69. The summed E-state index contributed by atoms with van der Waals surface area (Å²) in [6.45, 7) is 10.4. The number of aromatic nitrogens is 2. The van der Waals surface area contributed by atoms with Gasteiger partial charge >= 0.3 is 0 Å². The molecule has 0 amide bonds. The Morgan fingerprint density at radius 1 is 1.44 bits per heavy atom. The molecule has 1 fully saturated rings. The van der Waals surface area contributed by atoms with Crippen molar-refractivity contribution in [2.45, 2.75) is 52.1 Å². The largest absolute Gasteiger partial charge is 0.290 e. The lowest BCUT2D eigenvalue weighted by molar-refractivity contribution is 0.0305. The number of likely N-dealkylation sites (tertiary alicyclic amines) is 1. The minimum atomic E-state index is 0.232. The second-order valence-electron chi connectivity index (χ2n) is 6.02. The van der Waals surface area contributed by atoms with Gasteiger partial charge in [-0.1, -0.05) is 6.92 Å².